The van der Waals surface area contributed by atoms with Gasteiger partial charge < -0.3 is 0 Å². The molecular formula is C12H12N2. The van der Waals surface area contributed by atoms with Crippen LogP contribution >= 0.6 is 0 Å². The van der Waals surface area contributed by atoms with Gasteiger partial charge in [-0.1, -0.05) is 24.3 Å². The molecule has 0 saturated carbocycles. The molecule has 2 heteroatoms. The number of rotatable bonds is 0. The Hall–Kier alpha value is -1.57. The zero-order chi connectivity index (χ0) is 9.38. The van der Waals surface area contributed by atoms with Gasteiger partial charge in [0.1, 0.15) is 0 Å². The Morgan fingerprint density at radius 1 is 1.21 bits per heavy atom. The Balaban J connectivity index is 2.33. The van der Waals surface area contributed by atoms with Crippen LogP contribution in [0.2, 0.25) is 0 Å². The third-order valence-corrected chi connectivity index (χ3v) is 2.81. The average Bonchev–Trinajstić information content (AvgIpc) is 2.57. The van der Waals surface area contributed by atoms with Crippen molar-refractivity contribution in [2.75, 3.05) is 0 Å². The molecule has 0 saturated heterocycles. The van der Waals surface area contributed by atoms with Gasteiger partial charge in [-0.3, -0.25) is 5.10 Å². The molecule has 0 radical (unpaired) electrons. The van der Waals surface area contributed by atoms with Crippen molar-refractivity contribution in [2.24, 2.45) is 0 Å². The van der Waals surface area contributed by atoms with E-state index in [2.05, 4.69) is 40.5 Å². The molecule has 1 aliphatic carbocycles. The summed E-state index contributed by atoms with van der Waals surface area (Å²) in [5, 5.41) is 8.78. The number of nitrogens with one attached hydrogen (secondary N) is 1. The molecule has 0 fully saturated rings. The quantitative estimate of drug-likeness (QED) is 0.626. The predicted molar refractivity (Wildman–Crippen MR) is 57.3 cm³/mol. The van der Waals surface area contributed by atoms with Crippen molar-refractivity contribution >= 4 is 10.9 Å². The first-order valence-corrected chi connectivity index (χ1v) is 5.05. The Labute approximate surface area is 82.6 Å². The van der Waals surface area contributed by atoms with Crippen molar-refractivity contribution in [3.8, 4) is 0 Å². The summed E-state index contributed by atoms with van der Waals surface area (Å²) in [5.41, 5.74) is 3.79. The molecule has 0 amide bonds. The van der Waals surface area contributed by atoms with Crippen LogP contribution in [0.4, 0.5) is 0 Å². The van der Waals surface area contributed by atoms with E-state index < -0.39 is 0 Å². The third kappa shape index (κ3) is 1.07. The van der Waals surface area contributed by atoms with Gasteiger partial charge in [0.15, 0.2) is 0 Å². The normalized spacial score (nSPS) is 15.4. The molecule has 0 bridgehead atoms. The lowest BCUT2D eigenvalue weighted by Gasteiger charge is -2.05. The fraction of sp³-hybridized carbons (Fsp3) is 0.250. The van der Waals surface area contributed by atoms with Crippen LogP contribution < -0.4 is 0 Å². The largest absolute Gasteiger partial charge is 0.281 e. The van der Waals surface area contributed by atoms with E-state index in [-0.39, 0.29) is 0 Å². The van der Waals surface area contributed by atoms with Crippen LogP contribution in [-0.4, -0.2) is 10.2 Å². The van der Waals surface area contributed by atoms with Crippen LogP contribution in [0.3, 0.4) is 0 Å². The Morgan fingerprint density at radius 2 is 2.21 bits per heavy atom. The van der Waals surface area contributed by atoms with Crippen LogP contribution in [0.15, 0.2) is 30.4 Å². The summed E-state index contributed by atoms with van der Waals surface area (Å²) in [5.74, 6) is 0. The van der Waals surface area contributed by atoms with E-state index in [9.17, 15) is 0 Å². The van der Waals surface area contributed by atoms with Crippen LogP contribution in [0.1, 0.15) is 17.7 Å². The first-order valence-electron chi connectivity index (χ1n) is 5.05. The molecule has 1 N–H and O–H groups in total. The maximum absolute atomic E-state index is 4.31. The standard InChI is InChI=1S/C12H12N2/c1-2-5-9-6-4-8-11-12(9)10(7-3-1)13-14-11/h1,3-4,6,8H,2,5,7H2,(H,13,14). The van der Waals surface area contributed by atoms with Crippen LogP contribution in [0.5, 0.6) is 0 Å². The summed E-state index contributed by atoms with van der Waals surface area (Å²) in [6.07, 6.45) is 7.73. The Bertz CT molecular complexity index is 494. The molecular weight excluding hydrogens is 172 g/mol. The number of H-pyrrole nitrogens is 1. The first kappa shape index (κ1) is 7.80. The summed E-state index contributed by atoms with van der Waals surface area (Å²) in [6, 6.07) is 6.37. The van der Waals surface area contributed by atoms with Crippen LogP contribution in [-0.2, 0) is 12.8 Å². The highest BCUT2D eigenvalue weighted by atomic mass is 15.1. The number of aryl methyl sites for hydroxylation is 1. The number of hydrogen-bond acceptors (Lipinski definition) is 1. The van der Waals surface area contributed by atoms with Gasteiger partial charge in [0.25, 0.3) is 0 Å². The summed E-state index contributed by atoms with van der Waals surface area (Å²) in [4.78, 5) is 0. The second-order valence-electron chi connectivity index (χ2n) is 3.73. The van der Waals surface area contributed by atoms with E-state index >= 15 is 0 Å². The highest BCUT2D eigenvalue weighted by Gasteiger charge is 2.09. The summed E-state index contributed by atoms with van der Waals surface area (Å²) >= 11 is 0. The number of hydrogen-bond donors (Lipinski definition) is 1. The minimum atomic E-state index is 0.980. The minimum absolute atomic E-state index is 0.980. The Morgan fingerprint density at radius 3 is 3.21 bits per heavy atom. The van der Waals surface area contributed by atoms with Crippen molar-refractivity contribution in [1.29, 1.82) is 0 Å². The van der Waals surface area contributed by atoms with Gasteiger partial charge in [0.05, 0.1) is 5.52 Å². The third-order valence-electron chi connectivity index (χ3n) is 2.81. The summed E-state index contributed by atoms with van der Waals surface area (Å²) < 4.78 is 0. The number of aromatic amines is 1. The molecule has 2 aromatic rings. The zero-order valence-corrected chi connectivity index (χ0v) is 7.96. The lowest BCUT2D eigenvalue weighted by atomic mass is 9.99. The molecule has 0 unspecified atom stereocenters. The number of benzene rings is 1. The number of nitrogens with zero attached hydrogens (tertiary/aromatic N) is 1. The topological polar surface area (TPSA) is 28.7 Å². The first-order chi connectivity index (χ1) is 6.95. The molecule has 1 heterocycles. The highest BCUT2D eigenvalue weighted by Crippen LogP contribution is 2.24. The van der Waals surface area contributed by atoms with E-state index in [4.69, 9.17) is 0 Å². The van der Waals surface area contributed by atoms with Gasteiger partial charge in [-0.25, -0.2) is 0 Å². The van der Waals surface area contributed by atoms with Crippen molar-refractivity contribution < 1.29 is 0 Å². The van der Waals surface area contributed by atoms with E-state index in [1.54, 1.807) is 0 Å². The predicted octanol–water partition coefficient (Wildman–Crippen LogP) is 2.61. The highest BCUT2D eigenvalue weighted by molar-refractivity contribution is 5.85. The lowest BCUT2D eigenvalue weighted by molar-refractivity contribution is 0.975. The van der Waals surface area contributed by atoms with E-state index in [0.29, 0.717) is 0 Å². The van der Waals surface area contributed by atoms with Crippen molar-refractivity contribution in [2.45, 2.75) is 19.3 Å². The maximum atomic E-state index is 4.31. The number of allylic oxidation sites excluding steroid dienone is 2. The van der Waals surface area contributed by atoms with Crippen molar-refractivity contribution in [3.05, 3.63) is 41.6 Å². The fourth-order valence-corrected chi connectivity index (χ4v) is 2.13. The summed E-state index contributed by atoms with van der Waals surface area (Å²) in [7, 11) is 0. The molecule has 70 valence electrons. The van der Waals surface area contributed by atoms with Crippen molar-refractivity contribution in [1.82, 2.24) is 10.2 Å². The van der Waals surface area contributed by atoms with Gasteiger partial charge in [-0.2, -0.15) is 5.10 Å². The van der Waals surface area contributed by atoms with Gasteiger partial charge >= 0.3 is 0 Å². The zero-order valence-electron chi connectivity index (χ0n) is 7.96. The number of aromatic nitrogens is 2. The molecule has 1 aromatic heterocycles. The fourth-order valence-electron chi connectivity index (χ4n) is 2.13. The van der Waals surface area contributed by atoms with Gasteiger partial charge in [0.2, 0.25) is 0 Å². The van der Waals surface area contributed by atoms with Crippen LogP contribution in [0, 0.1) is 0 Å². The van der Waals surface area contributed by atoms with E-state index in [0.717, 1.165) is 24.8 Å². The van der Waals surface area contributed by atoms with Gasteiger partial charge in [-0.05, 0) is 24.5 Å². The lowest BCUT2D eigenvalue weighted by Crippen LogP contribution is -1.91. The minimum Gasteiger partial charge on any atom is -0.281 e. The molecule has 1 aliphatic rings. The molecule has 14 heavy (non-hydrogen) atoms. The second-order valence-corrected chi connectivity index (χ2v) is 3.73. The van der Waals surface area contributed by atoms with E-state index in [1.165, 1.54) is 16.6 Å². The van der Waals surface area contributed by atoms with Gasteiger partial charge in [0, 0.05) is 17.5 Å². The van der Waals surface area contributed by atoms with Crippen LogP contribution in [0.25, 0.3) is 10.9 Å². The van der Waals surface area contributed by atoms with Crippen molar-refractivity contribution in [3.63, 3.8) is 0 Å². The Kier molecular flexibility index (Phi) is 1.66. The monoisotopic (exact) mass is 184 g/mol. The second kappa shape index (κ2) is 2.98. The molecule has 3 rings (SSSR count). The smallest absolute Gasteiger partial charge is 0.0926 e. The van der Waals surface area contributed by atoms with E-state index in [1.807, 2.05) is 0 Å². The molecule has 0 aliphatic heterocycles. The SMILES string of the molecule is C1=CCc2[nH]nc3cccc(c23)CC1. The maximum Gasteiger partial charge on any atom is 0.0926 e. The molecule has 1 aromatic carbocycles. The molecule has 0 spiro atoms. The van der Waals surface area contributed by atoms with Gasteiger partial charge in [-0.15, -0.1) is 0 Å². The molecule has 0 atom stereocenters. The summed E-state index contributed by atoms with van der Waals surface area (Å²) in [6.45, 7) is 0. The molecule has 2 nitrogen and oxygen atoms in total. The average molecular weight is 184 g/mol.